The van der Waals surface area contributed by atoms with E-state index in [4.69, 9.17) is 0 Å². The van der Waals surface area contributed by atoms with Crippen LogP contribution in [0.15, 0.2) is 29.4 Å². The number of aromatic amines is 1. The minimum Gasteiger partial charge on any atom is -0.281 e. The Kier molecular flexibility index (Phi) is 3.88. The van der Waals surface area contributed by atoms with E-state index in [9.17, 15) is 14.9 Å². The number of nitrogens with one attached hydrogen (secondary N) is 2. The van der Waals surface area contributed by atoms with E-state index in [1.54, 1.807) is 19.1 Å². The van der Waals surface area contributed by atoms with Gasteiger partial charge >= 0.3 is 0 Å². The number of rotatable bonds is 4. The van der Waals surface area contributed by atoms with Gasteiger partial charge in [-0.05, 0) is 43.9 Å². The van der Waals surface area contributed by atoms with Gasteiger partial charge in [-0.1, -0.05) is 0 Å². The highest BCUT2D eigenvalue weighted by Crippen LogP contribution is 2.22. The second kappa shape index (κ2) is 5.99. The number of nitro groups is 1. The Balaban J connectivity index is 1.71. The molecule has 8 heteroatoms. The number of carbonyl (C=O) groups is 1. The van der Waals surface area contributed by atoms with E-state index >= 15 is 0 Å². The summed E-state index contributed by atoms with van der Waals surface area (Å²) in [6.45, 7) is 1.72. The molecule has 118 valence electrons. The molecule has 1 aliphatic rings. The zero-order valence-corrected chi connectivity index (χ0v) is 12.5. The summed E-state index contributed by atoms with van der Waals surface area (Å²) in [5.41, 5.74) is 6.12. The molecular weight excluding hydrogens is 298 g/mol. The van der Waals surface area contributed by atoms with Gasteiger partial charge in [0.25, 0.3) is 11.6 Å². The van der Waals surface area contributed by atoms with Crippen LogP contribution in [0.1, 0.15) is 40.7 Å². The number of non-ortho nitro benzene ring substituents is 1. The molecule has 8 nitrogen and oxygen atoms in total. The Morgan fingerprint density at radius 3 is 2.78 bits per heavy atom. The molecule has 0 saturated heterocycles. The molecule has 0 saturated carbocycles. The van der Waals surface area contributed by atoms with Crippen LogP contribution in [-0.4, -0.2) is 26.7 Å². The molecule has 0 atom stereocenters. The van der Waals surface area contributed by atoms with E-state index in [0.29, 0.717) is 17.0 Å². The van der Waals surface area contributed by atoms with Crippen LogP contribution in [0.4, 0.5) is 5.69 Å². The van der Waals surface area contributed by atoms with E-state index in [1.807, 2.05) is 0 Å². The summed E-state index contributed by atoms with van der Waals surface area (Å²) < 4.78 is 0. The molecule has 0 radical (unpaired) electrons. The first-order valence-electron chi connectivity index (χ1n) is 7.22. The maximum Gasteiger partial charge on any atom is 0.292 e. The summed E-state index contributed by atoms with van der Waals surface area (Å²) in [5.74, 6) is -0.356. The van der Waals surface area contributed by atoms with Crippen LogP contribution in [0, 0.1) is 10.1 Å². The number of amides is 1. The number of aryl methyl sites for hydroxylation is 1. The SMILES string of the molecule is CC(=NNC(=O)c1n[nH]c2c1CCC2)c1ccc([N+](=O)[O-])cc1. The van der Waals surface area contributed by atoms with Crippen molar-refractivity contribution in [3.05, 3.63) is 56.9 Å². The number of H-pyrrole nitrogens is 1. The highest BCUT2D eigenvalue weighted by molar-refractivity contribution is 6.00. The third kappa shape index (κ3) is 2.96. The highest BCUT2D eigenvalue weighted by Gasteiger charge is 2.22. The fraction of sp³-hybridized carbons (Fsp3) is 0.267. The first-order chi connectivity index (χ1) is 11.1. The molecule has 1 aromatic carbocycles. The zero-order valence-electron chi connectivity index (χ0n) is 12.5. The number of benzene rings is 1. The van der Waals surface area contributed by atoms with Gasteiger partial charge in [-0.15, -0.1) is 0 Å². The number of aromatic nitrogens is 2. The lowest BCUT2D eigenvalue weighted by molar-refractivity contribution is -0.384. The second-order valence-electron chi connectivity index (χ2n) is 5.32. The number of nitrogens with zero attached hydrogens (tertiary/aromatic N) is 3. The van der Waals surface area contributed by atoms with Gasteiger partial charge < -0.3 is 0 Å². The quantitative estimate of drug-likeness (QED) is 0.510. The second-order valence-corrected chi connectivity index (χ2v) is 5.32. The molecule has 2 aromatic rings. The molecule has 0 spiro atoms. The number of carbonyl (C=O) groups excluding carboxylic acids is 1. The molecule has 1 heterocycles. The Bertz CT molecular complexity index is 792. The third-order valence-electron chi connectivity index (χ3n) is 3.84. The van der Waals surface area contributed by atoms with Crippen molar-refractivity contribution >= 4 is 17.3 Å². The molecule has 0 bridgehead atoms. The van der Waals surface area contributed by atoms with Crippen LogP contribution in [0.5, 0.6) is 0 Å². The monoisotopic (exact) mass is 313 g/mol. The summed E-state index contributed by atoms with van der Waals surface area (Å²) >= 11 is 0. The summed E-state index contributed by atoms with van der Waals surface area (Å²) in [6, 6.07) is 5.98. The summed E-state index contributed by atoms with van der Waals surface area (Å²) in [7, 11) is 0. The van der Waals surface area contributed by atoms with E-state index in [2.05, 4.69) is 20.7 Å². The van der Waals surface area contributed by atoms with Crippen LogP contribution in [0.3, 0.4) is 0 Å². The summed E-state index contributed by atoms with van der Waals surface area (Å²) in [5, 5.41) is 21.6. The van der Waals surface area contributed by atoms with Crippen molar-refractivity contribution in [1.82, 2.24) is 15.6 Å². The van der Waals surface area contributed by atoms with Gasteiger partial charge in [-0.3, -0.25) is 20.0 Å². The highest BCUT2D eigenvalue weighted by atomic mass is 16.6. The minimum absolute atomic E-state index is 0.0117. The van der Waals surface area contributed by atoms with E-state index in [0.717, 1.165) is 30.5 Å². The van der Waals surface area contributed by atoms with Crippen LogP contribution >= 0.6 is 0 Å². The van der Waals surface area contributed by atoms with E-state index in [-0.39, 0.29) is 11.6 Å². The Hall–Kier alpha value is -3.03. The van der Waals surface area contributed by atoms with Crippen molar-refractivity contribution in [2.24, 2.45) is 5.10 Å². The fourth-order valence-corrected chi connectivity index (χ4v) is 2.58. The molecule has 3 rings (SSSR count). The van der Waals surface area contributed by atoms with Crippen molar-refractivity contribution in [2.75, 3.05) is 0 Å². The Morgan fingerprint density at radius 1 is 1.35 bits per heavy atom. The molecule has 1 aliphatic carbocycles. The van der Waals surface area contributed by atoms with Crippen molar-refractivity contribution < 1.29 is 9.72 Å². The minimum atomic E-state index is -0.462. The number of hydrazone groups is 1. The normalized spacial score (nSPS) is 13.7. The molecule has 1 amide bonds. The molecule has 0 aliphatic heterocycles. The molecular formula is C15H15N5O3. The number of hydrogen-bond acceptors (Lipinski definition) is 5. The standard InChI is InChI=1S/C15H15N5O3/c1-9(10-5-7-11(8-6-10)20(22)23)16-19-15(21)14-12-3-2-4-13(12)17-18-14/h5-8H,2-4H2,1H3,(H,17,18)(H,19,21). The van der Waals surface area contributed by atoms with Crippen LogP contribution in [-0.2, 0) is 12.8 Å². The van der Waals surface area contributed by atoms with Gasteiger partial charge in [0.1, 0.15) is 0 Å². The Labute approximate surface area is 131 Å². The van der Waals surface area contributed by atoms with Gasteiger partial charge in [-0.25, -0.2) is 5.43 Å². The van der Waals surface area contributed by atoms with Crippen LogP contribution in [0.25, 0.3) is 0 Å². The van der Waals surface area contributed by atoms with Crippen molar-refractivity contribution in [1.29, 1.82) is 0 Å². The Morgan fingerprint density at radius 2 is 2.09 bits per heavy atom. The average molecular weight is 313 g/mol. The lowest BCUT2D eigenvalue weighted by Crippen LogP contribution is -2.21. The van der Waals surface area contributed by atoms with Gasteiger partial charge in [0.2, 0.25) is 0 Å². The largest absolute Gasteiger partial charge is 0.292 e. The van der Waals surface area contributed by atoms with E-state index in [1.165, 1.54) is 12.1 Å². The average Bonchev–Trinajstić information content (AvgIpc) is 3.15. The molecule has 0 unspecified atom stereocenters. The first kappa shape index (κ1) is 14.9. The molecule has 2 N–H and O–H groups in total. The number of hydrogen-bond donors (Lipinski definition) is 2. The van der Waals surface area contributed by atoms with Gasteiger partial charge in [-0.2, -0.15) is 10.2 Å². The van der Waals surface area contributed by atoms with Crippen molar-refractivity contribution in [3.63, 3.8) is 0 Å². The molecule has 0 fully saturated rings. The summed E-state index contributed by atoms with van der Waals surface area (Å²) in [6.07, 6.45) is 2.79. The molecule has 23 heavy (non-hydrogen) atoms. The van der Waals surface area contributed by atoms with Gasteiger partial charge in [0.15, 0.2) is 5.69 Å². The van der Waals surface area contributed by atoms with Crippen molar-refractivity contribution in [3.8, 4) is 0 Å². The lowest BCUT2D eigenvalue weighted by atomic mass is 10.1. The van der Waals surface area contributed by atoms with Gasteiger partial charge in [0.05, 0.1) is 10.6 Å². The third-order valence-corrected chi connectivity index (χ3v) is 3.84. The predicted octanol–water partition coefficient (Wildman–Crippen LogP) is 1.96. The zero-order chi connectivity index (χ0) is 16.4. The van der Waals surface area contributed by atoms with Gasteiger partial charge in [0, 0.05) is 23.4 Å². The van der Waals surface area contributed by atoms with Crippen LogP contribution in [0.2, 0.25) is 0 Å². The summed E-state index contributed by atoms with van der Waals surface area (Å²) in [4.78, 5) is 22.3. The maximum atomic E-state index is 12.2. The van der Waals surface area contributed by atoms with E-state index < -0.39 is 4.92 Å². The number of nitro benzene ring substituents is 1. The smallest absolute Gasteiger partial charge is 0.281 e. The predicted molar refractivity (Wildman–Crippen MR) is 83.4 cm³/mol. The topological polar surface area (TPSA) is 113 Å². The fourth-order valence-electron chi connectivity index (χ4n) is 2.58. The number of fused-ring (bicyclic) bond motifs is 1. The molecule has 1 aromatic heterocycles. The maximum absolute atomic E-state index is 12.2. The lowest BCUT2D eigenvalue weighted by Gasteiger charge is -2.02. The first-order valence-corrected chi connectivity index (χ1v) is 7.22. The van der Waals surface area contributed by atoms with Crippen LogP contribution < -0.4 is 5.43 Å². The van der Waals surface area contributed by atoms with Crippen molar-refractivity contribution in [2.45, 2.75) is 26.2 Å².